The second kappa shape index (κ2) is 7.13. The standard InChI is InChI=1S/C9H13BrN4O2/c1-16-3-2-11-8(15)6-14-9-12-4-7(10)5-13-9/h4-5H,2-3,6H2,1H3,(H,11,15)(H,12,13,14). The van der Waals surface area contributed by atoms with Crippen LogP contribution in [-0.4, -0.2) is 42.7 Å². The van der Waals surface area contributed by atoms with Gasteiger partial charge in [-0.3, -0.25) is 4.79 Å². The zero-order valence-electron chi connectivity index (χ0n) is 8.86. The molecule has 0 fully saturated rings. The molecular formula is C9H13BrN4O2. The van der Waals surface area contributed by atoms with Crippen molar-refractivity contribution >= 4 is 27.8 Å². The Morgan fingerprint density at radius 2 is 2.19 bits per heavy atom. The summed E-state index contributed by atoms with van der Waals surface area (Å²) in [6.07, 6.45) is 3.22. The average Bonchev–Trinajstić information content (AvgIpc) is 2.29. The number of methoxy groups -OCH3 is 1. The minimum absolute atomic E-state index is 0.122. The molecule has 1 heterocycles. The van der Waals surface area contributed by atoms with Crippen LogP contribution in [0.3, 0.4) is 0 Å². The van der Waals surface area contributed by atoms with Crippen molar-refractivity contribution in [3.63, 3.8) is 0 Å². The summed E-state index contributed by atoms with van der Waals surface area (Å²) >= 11 is 3.22. The average molecular weight is 289 g/mol. The topological polar surface area (TPSA) is 76.1 Å². The van der Waals surface area contributed by atoms with Gasteiger partial charge in [0.2, 0.25) is 11.9 Å². The SMILES string of the molecule is COCCNC(=O)CNc1ncc(Br)cn1. The lowest BCUT2D eigenvalue weighted by atomic mass is 10.5. The van der Waals surface area contributed by atoms with E-state index in [1.54, 1.807) is 19.5 Å². The minimum atomic E-state index is -0.122. The number of carbonyl (C=O) groups excluding carboxylic acids is 1. The highest BCUT2D eigenvalue weighted by Gasteiger charge is 2.01. The van der Waals surface area contributed by atoms with Gasteiger partial charge in [0.1, 0.15) is 0 Å². The molecule has 0 radical (unpaired) electrons. The second-order valence-electron chi connectivity index (χ2n) is 2.92. The van der Waals surface area contributed by atoms with Crippen LogP contribution >= 0.6 is 15.9 Å². The summed E-state index contributed by atoms with van der Waals surface area (Å²) in [5.41, 5.74) is 0. The van der Waals surface area contributed by atoms with Crippen molar-refractivity contribution in [1.82, 2.24) is 15.3 Å². The van der Waals surface area contributed by atoms with E-state index in [4.69, 9.17) is 4.74 Å². The molecule has 0 aliphatic rings. The first-order valence-electron chi connectivity index (χ1n) is 4.69. The minimum Gasteiger partial charge on any atom is -0.383 e. The third kappa shape index (κ3) is 5.04. The number of carbonyl (C=O) groups is 1. The quantitative estimate of drug-likeness (QED) is 0.742. The van der Waals surface area contributed by atoms with Crippen LogP contribution in [0, 0.1) is 0 Å². The second-order valence-corrected chi connectivity index (χ2v) is 3.84. The number of nitrogens with one attached hydrogen (secondary N) is 2. The van der Waals surface area contributed by atoms with E-state index in [-0.39, 0.29) is 12.5 Å². The molecule has 0 aliphatic carbocycles. The largest absolute Gasteiger partial charge is 0.383 e. The summed E-state index contributed by atoms with van der Waals surface area (Å²) in [7, 11) is 1.58. The van der Waals surface area contributed by atoms with Gasteiger partial charge in [-0.2, -0.15) is 0 Å². The Labute approximate surface area is 102 Å². The van der Waals surface area contributed by atoms with Gasteiger partial charge in [-0.05, 0) is 15.9 Å². The van der Waals surface area contributed by atoms with Crippen LogP contribution < -0.4 is 10.6 Å². The molecule has 1 amide bonds. The Hall–Kier alpha value is -1.21. The zero-order valence-corrected chi connectivity index (χ0v) is 10.5. The van der Waals surface area contributed by atoms with Crippen LogP contribution in [0.25, 0.3) is 0 Å². The molecule has 6 nitrogen and oxygen atoms in total. The van der Waals surface area contributed by atoms with Gasteiger partial charge in [0.25, 0.3) is 0 Å². The van der Waals surface area contributed by atoms with Crippen molar-refractivity contribution in [3.8, 4) is 0 Å². The van der Waals surface area contributed by atoms with Crippen molar-refractivity contribution in [2.75, 3.05) is 32.1 Å². The molecule has 0 unspecified atom stereocenters. The molecule has 1 rings (SSSR count). The van der Waals surface area contributed by atoms with Crippen LogP contribution in [0.4, 0.5) is 5.95 Å². The fourth-order valence-electron chi connectivity index (χ4n) is 0.918. The van der Waals surface area contributed by atoms with Crippen LogP contribution in [0.5, 0.6) is 0 Å². The summed E-state index contributed by atoms with van der Waals surface area (Å²) in [6.45, 7) is 1.14. The molecule has 16 heavy (non-hydrogen) atoms. The predicted octanol–water partition coefficient (Wildman–Crippen LogP) is 0.414. The molecular weight excluding hydrogens is 276 g/mol. The van der Waals surface area contributed by atoms with Gasteiger partial charge in [-0.15, -0.1) is 0 Å². The lowest BCUT2D eigenvalue weighted by Gasteiger charge is -2.05. The normalized spacial score (nSPS) is 9.88. The molecule has 0 saturated carbocycles. The number of anilines is 1. The molecule has 0 atom stereocenters. The van der Waals surface area contributed by atoms with Gasteiger partial charge in [-0.25, -0.2) is 9.97 Å². The summed E-state index contributed by atoms with van der Waals surface area (Å²) in [4.78, 5) is 19.2. The number of halogens is 1. The lowest BCUT2D eigenvalue weighted by molar-refractivity contribution is -0.119. The monoisotopic (exact) mass is 288 g/mol. The third-order valence-electron chi connectivity index (χ3n) is 1.66. The van der Waals surface area contributed by atoms with Crippen molar-refractivity contribution in [3.05, 3.63) is 16.9 Å². The molecule has 0 aromatic carbocycles. The van der Waals surface area contributed by atoms with Gasteiger partial charge in [0, 0.05) is 26.0 Å². The lowest BCUT2D eigenvalue weighted by Crippen LogP contribution is -2.32. The molecule has 0 aliphatic heterocycles. The van der Waals surface area contributed by atoms with Gasteiger partial charge in [0.05, 0.1) is 17.6 Å². The van der Waals surface area contributed by atoms with Crippen LogP contribution in [-0.2, 0) is 9.53 Å². The van der Waals surface area contributed by atoms with Crippen molar-refractivity contribution < 1.29 is 9.53 Å². The number of rotatable bonds is 6. The first-order valence-corrected chi connectivity index (χ1v) is 5.48. The highest BCUT2D eigenvalue weighted by Crippen LogP contribution is 2.06. The van der Waals surface area contributed by atoms with Crippen molar-refractivity contribution in [2.24, 2.45) is 0 Å². The van der Waals surface area contributed by atoms with E-state index in [1.165, 1.54) is 0 Å². The number of hydrogen-bond donors (Lipinski definition) is 2. The van der Waals surface area contributed by atoms with Crippen molar-refractivity contribution in [1.29, 1.82) is 0 Å². The maximum Gasteiger partial charge on any atom is 0.239 e. The smallest absolute Gasteiger partial charge is 0.239 e. The third-order valence-corrected chi connectivity index (χ3v) is 2.07. The maximum absolute atomic E-state index is 11.3. The number of aromatic nitrogens is 2. The van der Waals surface area contributed by atoms with E-state index in [0.29, 0.717) is 19.1 Å². The fourth-order valence-corrected chi connectivity index (χ4v) is 1.12. The summed E-state index contributed by atoms with van der Waals surface area (Å²) in [6, 6.07) is 0. The van der Waals surface area contributed by atoms with Crippen LogP contribution in [0.1, 0.15) is 0 Å². The van der Waals surface area contributed by atoms with Gasteiger partial charge < -0.3 is 15.4 Å². The fraction of sp³-hybridized carbons (Fsp3) is 0.444. The Balaban J connectivity index is 2.23. The Kier molecular flexibility index (Phi) is 5.73. The van der Waals surface area contributed by atoms with Crippen LogP contribution in [0.15, 0.2) is 16.9 Å². The predicted molar refractivity (Wildman–Crippen MR) is 63.1 cm³/mol. The summed E-state index contributed by atoms with van der Waals surface area (Å²) < 4.78 is 5.60. The summed E-state index contributed by atoms with van der Waals surface area (Å²) in [5, 5.41) is 5.48. The number of amides is 1. The molecule has 88 valence electrons. The van der Waals surface area contributed by atoms with E-state index in [9.17, 15) is 4.79 Å². The number of hydrogen-bond acceptors (Lipinski definition) is 5. The molecule has 0 spiro atoms. The molecule has 0 saturated heterocycles. The van der Waals surface area contributed by atoms with E-state index in [0.717, 1.165) is 4.47 Å². The van der Waals surface area contributed by atoms with E-state index in [2.05, 4.69) is 36.5 Å². The van der Waals surface area contributed by atoms with Crippen molar-refractivity contribution in [2.45, 2.75) is 0 Å². The zero-order chi connectivity index (χ0) is 11.8. The Bertz CT molecular complexity index is 331. The van der Waals surface area contributed by atoms with Gasteiger partial charge in [0.15, 0.2) is 0 Å². The van der Waals surface area contributed by atoms with E-state index >= 15 is 0 Å². The number of nitrogens with zero attached hydrogens (tertiary/aromatic N) is 2. The number of ether oxygens (including phenoxy) is 1. The molecule has 2 N–H and O–H groups in total. The van der Waals surface area contributed by atoms with Gasteiger partial charge >= 0.3 is 0 Å². The van der Waals surface area contributed by atoms with Crippen LogP contribution in [0.2, 0.25) is 0 Å². The Morgan fingerprint density at radius 3 is 2.81 bits per heavy atom. The maximum atomic E-state index is 11.3. The molecule has 0 bridgehead atoms. The molecule has 1 aromatic rings. The summed E-state index contributed by atoms with van der Waals surface area (Å²) in [5.74, 6) is 0.300. The Morgan fingerprint density at radius 1 is 1.50 bits per heavy atom. The molecule has 7 heteroatoms. The van der Waals surface area contributed by atoms with E-state index < -0.39 is 0 Å². The highest BCUT2D eigenvalue weighted by molar-refractivity contribution is 9.10. The molecule has 1 aromatic heterocycles. The van der Waals surface area contributed by atoms with Gasteiger partial charge in [-0.1, -0.05) is 0 Å². The van der Waals surface area contributed by atoms with E-state index in [1.807, 2.05) is 0 Å². The first kappa shape index (κ1) is 12.9. The highest BCUT2D eigenvalue weighted by atomic mass is 79.9. The first-order chi connectivity index (χ1) is 7.72.